The van der Waals surface area contributed by atoms with Gasteiger partial charge in [0.05, 0.1) is 18.7 Å². The molecule has 3 heterocycles. The van der Waals surface area contributed by atoms with Crippen molar-refractivity contribution in [1.82, 2.24) is 15.1 Å². The second-order valence-corrected chi connectivity index (χ2v) is 7.53. The average Bonchev–Trinajstić information content (AvgIpc) is 3.13. The monoisotopic (exact) mass is 335 g/mol. The van der Waals surface area contributed by atoms with Gasteiger partial charge in [-0.15, -0.1) is 21.5 Å². The summed E-state index contributed by atoms with van der Waals surface area (Å²) in [5.74, 6) is 1.26. The van der Waals surface area contributed by atoms with E-state index in [2.05, 4.69) is 10.2 Å². The van der Waals surface area contributed by atoms with Crippen molar-refractivity contribution < 1.29 is 13.9 Å². The third-order valence-electron chi connectivity index (χ3n) is 3.85. The molecule has 1 fully saturated rings. The zero-order valence-corrected chi connectivity index (χ0v) is 14.6. The highest BCUT2D eigenvalue weighted by atomic mass is 32.1. The maximum absolute atomic E-state index is 12.7. The van der Waals surface area contributed by atoms with Crippen molar-refractivity contribution in [2.45, 2.75) is 39.7 Å². The number of nitrogens with zero attached hydrogens (tertiary/aromatic N) is 3. The number of aromatic nitrogens is 2. The van der Waals surface area contributed by atoms with E-state index in [1.54, 1.807) is 11.3 Å². The zero-order chi connectivity index (χ0) is 16.6. The number of thiophene rings is 1. The highest BCUT2D eigenvalue weighted by Gasteiger charge is 2.30. The van der Waals surface area contributed by atoms with Gasteiger partial charge in [-0.25, -0.2) is 0 Å². The Labute approximate surface area is 139 Å². The summed E-state index contributed by atoms with van der Waals surface area (Å²) in [6, 6.07) is 1.95. The summed E-state index contributed by atoms with van der Waals surface area (Å²) >= 11 is 1.65. The van der Waals surface area contributed by atoms with Gasteiger partial charge in [-0.05, 0) is 19.9 Å². The third kappa shape index (κ3) is 3.30. The molecule has 0 spiro atoms. The Morgan fingerprint density at radius 1 is 1.39 bits per heavy atom. The summed E-state index contributed by atoms with van der Waals surface area (Å²) in [6.45, 7) is 9.48. The molecular weight excluding hydrogens is 314 g/mol. The molecule has 0 N–H and O–H groups in total. The summed E-state index contributed by atoms with van der Waals surface area (Å²) in [4.78, 5) is 16.7. The topological polar surface area (TPSA) is 68.5 Å². The van der Waals surface area contributed by atoms with Crippen LogP contribution >= 0.6 is 11.3 Å². The van der Waals surface area contributed by atoms with E-state index < -0.39 is 0 Å². The molecule has 0 unspecified atom stereocenters. The quantitative estimate of drug-likeness (QED) is 0.862. The predicted octanol–water partition coefficient (Wildman–Crippen LogP) is 3.09. The summed E-state index contributed by atoms with van der Waals surface area (Å²) in [6.07, 6.45) is -0.354. The number of aryl methyl sites for hydroxylation is 2. The van der Waals surface area contributed by atoms with Crippen LogP contribution in [0.5, 0.6) is 0 Å². The smallest absolute Gasteiger partial charge is 0.255 e. The Bertz CT molecular complexity index is 707. The summed E-state index contributed by atoms with van der Waals surface area (Å²) < 4.78 is 11.4. The van der Waals surface area contributed by atoms with Gasteiger partial charge in [-0.2, -0.15) is 0 Å². The van der Waals surface area contributed by atoms with E-state index in [4.69, 9.17) is 9.15 Å². The maximum Gasteiger partial charge on any atom is 0.255 e. The van der Waals surface area contributed by atoms with Crippen LogP contribution in [0.15, 0.2) is 10.5 Å². The van der Waals surface area contributed by atoms with E-state index in [-0.39, 0.29) is 17.9 Å². The number of hydrogen-bond acceptors (Lipinski definition) is 6. The number of amides is 1. The van der Waals surface area contributed by atoms with E-state index in [0.29, 0.717) is 31.5 Å². The van der Waals surface area contributed by atoms with E-state index >= 15 is 0 Å². The fourth-order valence-corrected chi connectivity index (χ4v) is 3.52. The van der Waals surface area contributed by atoms with E-state index in [9.17, 15) is 4.79 Å². The molecule has 0 aromatic carbocycles. The number of rotatable bonds is 3. The van der Waals surface area contributed by atoms with Crippen molar-refractivity contribution in [1.29, 1.82) is 0 Å². The van der Waals surface area contributed by atoms with Crippen molar-refractivity contribution >= 4 is 17.2 Å². The van der Waals surface area contributed by atoms with Gasteiger partial charge >= 0.3 is 0 Å². The molecule has 0 aliphatic carbocycles. The molecule has 0 radical (unpaired) electrons. The van der Waals surface area contributed by atoms with E-state index in [1.807, 2.05) is 38.7 Å². The first-order chi connectivity index (χ1) is 11.0. The summed E-state index contributed by atoms with van der Waals surface area (Å²) in [5.41, 5.74) is 0.779. The van der Waals surface area contributed by atoms with Gasteiger partial charge in [-0.1, -0.05) is 13.8 Å². The summed E-state index contributed by atoms with van der Waals surface area (Å²) in [5, 5.41) is 8.11. The molecule has 1 aliphatic rings. The minimum Gasteiger partial charge on any atom is -0.422 e. The molecule has 1 aliphatic heterocycles. The first kappa shape index (κ1) is 16.1. The molecule has 23 heavy (non-hydrogen) atoms. The van der Waals surface area contributed by atoms with Gasteiger partial charge in [0.2, 0.25) is 11.8 Å². The zero-order valence-electron chi connectivity index (χ0n) is 13.8. The van der Waals surface area contributed by atoms with Crippen LogP contribution in [-0.4, -0.2) is 40.7 Å². The lowest BCUT2D eigenvalue weighted by Crippen LogP contribution is -2.42. The highest BCUT2D eigenvalue weighted by Crippen LogP contribution is 2.27. The van der Waals surface area contributed by atoms with Gasteiger partial charge < -0.3 is 14.1 Å². The van der Waals surface area contributed by atoms with Crippen LogP contribution < -0.4 is 0 Å². The molecule has 2 aromatic heterocycles. The van der Waals surface area contributed by atoms with Crippen LogP contribution in [-0.2, 0) is 4.74 Å². The van der Waals surface area contributed by atoms with Crippen molar-refractivity contribution in [3.8, 4) is 0 Å². The van der Waals surface area contributed by atoms with Crippen molar-refractivity contribution in [3.05, 3.63) is 33.2 Å². The largest absolute Gasteiger partial charge is 0.422 e. The van der Waals surface area contributed by atoms with Gasteiger partial charge in [0, 0.05) is 22.2 Å². The molecule has 124 valence electrons. The Hall–Kier alpha value is -1.73. The molecule has 0 bridgehead atoms. The number of hydrogen-bond donors (Lipinski definition) is 0. The van der Waals surface area contributed by atoms with Crippen LogP contribution in [0.1, 0.15) is 57.8 Å². The SMILES string of the molecule is Cc1cc(C(=O)N2CCO[C@H](c3nnc(C(C)C)o3)C2)c(C)s1. The fraction of sp³-hybridized carbons (Fsp3) is 0.562. The molecule has 1 amide bonds. The van der Waals surface area contributed by atoms with Crippen LogP contribution in [0.3, 0.4) is 0 Å². The number of carbonyl (C=O) groups is 1. The molecule has 1 saturated heterocycles. The minimum atomic E-state index is -0.354. The number of carbonyl (C=O) groups excluding carboxylic acids is 1. The number of ether oxygens (including phenoxy) is 1. The molecule has 3 rings (SSSR count). The molecule has 6 nitrogen and oxygen atoms in total. The Morgan fingerprint density at radius 2 is 2.17 bits per heavy atom. The van der Waals surface area contributed by atoms with Gasteiger partial charge in [0.25, 0.3) is 5.91 Å². The second-order valence-electron chi connectivity index (χ2n) is 6.07. The van der Waals surface area contributed by atoms with E-state index in [1.165, 1.54) is 0 Å². The number of morpholine rings is 1. The second kappa shape index (κ2) is 6.41. The lowest BCUT2D eigenvalue weighted by atomic mass is 10.2. The molecule has 7 heteroatoms. The third-order valence-corrected chi connectivity index (χ3v) is 4.82. The molecule has 0 saturated carbocycles. The van der Waals surface area contributed by atoms with Crippen LogP contribution in [0, 0.1) is 13.8 Å². The van der Waals surface area contributed by atoms with Crippen molar-refractivity contribution in [3.63, 3.8) is 0 Å². The summed E-state index contributed by atoms with van der Waals surface area (Å²) in [7, 11) is 0. The Morgan fingerprint density at radius 3 is 2.78 bits per heavy atom. The standard InChI is InChI=1S/C16H21N3O3S/c1-9(2)14-17-18-15(22-14)13-8-19(5-6-21-13)16(20)12-7-10(3)23-11(12)4/h7,9,13H,5-6,8H2,1-4H3/t13-/m0/s1. The maximum atomic E-state index is 12.7. The van der Waals surface area contributed by atoms with Crippen LogP contribution in [0.4, 0.5) is 0 Å². The Kier molecular flexibility index (Phi) is 4.50. The van der Waals surface area contributed by atoms with Crippen molar-refractivity contribution in [2.75, 3.05) is 19.7 Å². The van der Waals surface area contributed by atoms with Crippen LogP contribution in [0.2, 0.25) is 0 Å². The van der Waals surface area contributed by atoms with Gasteiger partial charge in [0.15, 0.2) is 6.10 Å². The molecule has 1 atom stereocenters. The Balaban J connectivity index is 1.75. The van der Waals surface area contributed by atoms with E-state index in [0.717, 1.165) is 15.3 Å². The first-order valence-corrected chi connectivity index (χ1v) is 8.58. The van der Waals surface area contributed by atoms with Gasteiger partial charge in [0.1, 0.15) is 0 Å². The first-order valence-electron chi connectivity index (χ1n) is 7.77. The molecule has 2 aromatic rings. The van der Waals surface area contributed by atoms with Crippen LogP contribution in [0.25, 0.3) is 0 Å². The highest BCUT2D eigenvalue weighted by molar-refractivity contribution is 7.12. The van der Waals surface area contributed by atoms with Crippen molar-refractivity contribution in [2.24, 2.45) is 0 Å². The predicted molar refractivity (Wildman–Crippen MR) is 86.8 cm³/mol. The minimum absolute atomic E-state index is 0.0451. The normalized spacial score (nSPS) is 18.7. The fourth-order valence-electron chi connectivity index (χ4n) is 2.61. The average molecular weight is 335 g/mol. The van der Waals surface area contributed by atoms with Gasteiger partial charge in [-0.3, -0.25) is 4.79 Å². The lowest BCUT2D eigenvalue weighted by molar-refractivity contribution is -0.0351. The lowest BCUT2D eigenvalue weighted by Gasteiger charge is -2.31. The molecular formula is C16H21N3O3S.